The van der Waals surface area contributed by atoms with Crippen LogP contribution in [0.1, 0.15) is 57.6 Å². The number of nitrogens with one attached hydrogen (secondary N) is 1. The van der Waals surface area contributed by atoms with Gasteiger partial charge in [-0.3, -0.25) is 0 Å². The Morgan fingerprint density at radius 3 is 2.26 bits per heavy atom. The molecule has 3 N–H and O–H groups in total. The first kappa shape index (κ1) is 16.2. The lowest BCUT2D eigenvalue weighted by molar-refractivity contribution is 0.302. The Bertz CT molecular complexity index is 341. The van der Waals surface area contributed by atoms with Gasteiger partial charge in [0.2, 0.25) is 0 Å². The van der Waals surface area contributed by atoms with Gasteiger partial charge in [0, 0.05) is 19.6 Å². The van der Waals surface area contributed by atoms with E-state index in [1.807, 2.05) is 0 Å². The number of rotatable bonds is 9. The van der Waals surface area contributed by atoms with E-state index in [0.717, 1.165) is 13.1 Å². The molecule has 19 heavy (non-hydrogen) atoms. The molecule has 2 nitrogen and oxygen atoms in total. The summed E-state index contributed by atoms with van der Waals surface area (Å²) in [5, 5.41) is 3.58. The fraction of sp³-hybridized carbons (Fsp3) is 0.647. The lowest BCUT2D eigenvalue weighted by Crippen LogP contribution is -2.29. The van der Waals surface area contributed by atoms with Crippen LogP contribution in [0.25, 0.3) is 0 Å². The summed E-state index contributed by atoms with van der Waals surface area (Å²) in [6.07, 6.45) is 5.30. The molecule has 1 rings (SSSR count). The van der Waals surface area contributed by atoms with Crippen molar-refractivity contribution in [1.82, 2.24) is 5.32 Å². The van der Waals surface area contributed by atoms with E-state index in [9.17, 15) is 0 Å². The van der Waals surface area contributed by atoms with Crippen LogP contribution in [0.15, 0.2) is 24.3 Å². The summed E-state index contributed by atoms with van der Waals surface area (Å²) in [6.45, 7) is 9.62. The molecule has 0 aliphatic rings. The van der Waals surface area contributed by atoms with Crippen molar-refractivity contribution >= 4 is 0 Å². The molecule has 0 radical (unpaired) electrons. The summed E-state index contributed by atoms with van der Waals surface area (Å²) >= 11 is 0. The minimum atomic E-state index is 0.395. The zero-order valence-electron chi connectivity index (χ0n) is 12.8. The summed E-state index contributed by atoms with van der Waals surface area (Å²) < 4.78 is 0. The molecule has 1 aromatic carbocycles. The normalized spacial score (nSPS) is 11.8. The van der Waals surface area contributed by atoms with E-state index in [1.54, 1.807) is 0 Å². The molecule has 0 fully saturated rings. The van der Waals surface area contributed by atoms with Crippen molar-refractivity contribution in [3.8, 4) is 0 Å². The second kappa shape index (κ2) is 8.34. The highest BCUT2D eigenvalue weighted by Crippen LogP contribution is 2.22. The van der Waals surface area contributed by atoms with Crippen molar-refractivity contribution in [3.05, 3.63) is 35.4 Å². The minimum Gasteiger partial charge on any atom is -0.326 e. The highest BCUT2D eigenvalue weighted by Gasteiger charge is 2.16. The van der Waals surface area contributed by atoms with Crippen LogP contribution >= 0.6 is 0 Å². The van der Waals surface area contributed by atoms with Crippen LogP contribution in [0.5, 0.6) is 0 Å². The van der Waals surface area contributed by atoms with Crippen LogP contribution in [0, 0.1) is 5.41 Å². The molecule has 0 heterocycles. The Balaban J connectivity index is 2.27. The number of hydrogen-bond acceptors (Lipinski definition) is 2. The third-order valence-corrected chi connectivity index (χ3v) is 3.65. The Hall–Kier alpha value is -0.860. The quantitative estimate of drug-likeness (QED) is 0.664. The zero-order valence-corrected chi connectivity index (χ0v) is 12.8. The van der Waals surface area contributed by atoms with Gasteiger partial charge in [0.25, 0.3) is 0 Å². The molecular formula is C17H30N2. The predicted molar refractivity (Wildman–Crippen MR) is 84.0 cm³/mol. The fourth-order valence-corrected chi connectivity index (χ4v) is 2.28. The maximum atomic E-state index is 5.60. The van der Waals surface area contributed by atoms with Gasteiger partial charge in [-0.1, -0.05) is 64.3 Å². The number of nitrogens with two attached hydrogens (primary N) is 1. The Morgan fingerprint density at radius 1 is 1.05 bits per heavy atom. The van der Waals surface area contributed by atoms with Gasteiger partial charge in [0.1, 0.15) is 0 Å². The lowest BCUT2D eigenvalue weighted by atomic mass is 9.87. The highest BCUT2D eigenvalue weighted by atomic mass is 14.9. The van der Waals surface area contributed by atoms with Gasteiger partial charge in [0.05, 0.1) is 0 Å². The largest absolute Gasteiger partial charge is 0.326 e. The molecule has 0 saturated heterocycles. The van der Waals surface area contributed by atoms with E-state index in [0.29, 0.717) is 12.0 Å². The maximum Gasteiger partial charge on any atom is 0.0205 e. The van der Waals surface area contributed by atoms with E-state index < -0.39 is 0 Å². The van der Waals surface area contributed by atoms with Crippen molar-refractivity contribution in [3.63, 3.8) is 0 Å². The molecule has 2 heteroatoms. The monoisotopic (exact) mass is 262 g/mol. The summed E-state index contributed by atoms with van der Waals surface area (Å²) in [4.78, 5) is 0. The lowest BCUT2D eigenvalue weighted by Gasteiger charge is -2.25. The van der Waals surface area contributed by atoms with Crippen LogP contribution in [0.3, 0.4) is 0 Å². The van der Waals surface area contributed by atoms with E-state index in [2.05, 4.69) is 50.4 Å². The fourth-order valence-electron chi connectivity index (χ4n) is 2.28. The van der Waals surface area contributed by atoms with Crippen molar-refractivity contribution in [2.24, 2.45) is 11.1 Å². The Morgan fingerprint density at radius 2 is 1.68 bits per heavy atom. The van der Waals surface area contributed by atoms with Crippen molar-refractivity contribution < 1.29 is 0 Å². The van der Waals surface area contributed by atoms with Crippen LogP contribution in [0.4, 0.5) is 0 Å². The van der Waals surface area contributed by atoms with Crippen molar-refractivity contribution in [2.45, 2.75) is 59.5 Å². The third-order valence-electron chi connectivity index (χ3n) is 3.65. The first-order chi connectivity index (χ1) is 9.07. The van der Waals surface area contributed by atoms with Crippen LogP contribution in [-0.2, 0) is 13.1 Å². The van der Waals surface area contributed by atoms with E-state index in [4.69, 9.17) is 5.73 Å². The molecule has 0 unspecified atom stereocenters. The van der Waals surface area contributed by atoms with Crippen molar-refractivity contribution in [2.75, 3.05) is 6.54 Å². The molecule has 0 bridgehead atoms. The summed E-state index contributed by atoms with van der Waals surface area (Å²) in [7, 11) is 0. The smallest absolute Gasteiger partial charge is 0.0205 e. The standard InChI is InChI=1S/C17H30N2/c1-4-5-6-11-17(2,3)14-19-13-16-9-7-15(12-18)8-10-16/h7-10,19H,4-6,11-14,18H2,1-3H3. The van der Waals surface area contributed by atoms with Gasteiger partial charge < -0.3 is 11.1 Å². The molecule has 0 aliphatic carbocycles. The van der Waals surface area contributed by atoms with Crippen molar-refractivity contribution in [1.29, 1.82) is 0 Å². The zero-order chi connectivity index (χ0) is 14.1. The summed E-state index contributed by atoms with van der Waals surface area (Å²) in [5.41, 5.74) is 8.53. The van der Waals surface area contributed by atoms with E-state index >= 15 is 0 Å². The molecule has 0 spiro atoms. The van der Waals surface area contributed by atoms with E-state index in [-0.39, 0.29) is 0 Å². The van der Waals surface area contributed by atoms with Crippen LogP contribution in [-0.4, -0.2) is 6.54 Å². The van der Waals surface area contributed by atoms with Gasteiger partial charge in [-0.25, -0.2) is 0 Å². The second-order valence-electron chi connectivity index (χ2n) is 6.25. The van der Waals surface area contributed by atoms with E-state index in [1.165, 1.54) is 36.8 Å². The maximum absolute atomic E-state index is 5.60. The van der Waals surface area contributed by atoms with Gasteiger partial charge in [0.15, 0.2) is 0 Å². The van der Waals surface area contributed by atoms with Crippen LogP contribution in [0.2, 0.25) is 0 Å². The van der Waals surface area contributed by atoms with Gasteiger partial charge >= 0.3 is 0 Å². The van der Waals surface area contributed by atoms with Crippen LogP contribution < -0.4 is 11.1 Å². The molecule has 1 aromatic rings. The number of benzene rings is 1. The predicted octanol–water partition coefficient (Wildman–Crippen LogP) is 3.84. The third kappa shape index (κ3) is 6.74. The van der Waals surface area contributed by atoms with Gasteiger partial charge in [-0.15, -0.1) is 0 Å². The number of hydrogen-bond donors (Lipinski definition) is 2. The Kier molecular flexibility index (Phi) is 7.11. The average molecular weight is 262 g/mol. The second-order valence-corrected chi connectivity index (χ2v) is 6.25. The van der Waals surface area contributed by atoms with Gasteiger partial charge in [-0.05, 0) is 23.0 Å². The summed E-state index contributed by atoms with van der Waals surface area (Å²) in [6, 6.07) is 8.56. The number of unbranched alkanes of at least 4 members (excludes halogenated alkanes) is 2. The minimum absolute atomic E-state index is 0.395. The SMILES string of the molecule is CCCCCC(C)(C)CNCc1ccc(CN)cc1. The molecule has 0 saturated carbocycles. The molecule has 0 aliphatic heterocycles. The molecule has 0 atom stereocenters. The molecule has 108 valence electrons. The highest BCUT2D eigenvalue weighted by molar-refractivity contribution is 5.22. The molecular weight excluding hydrogens is 232 g/mol. The Labute approximate surface area is 118 Å². The first-order valence-corrected chi connectivity index (χ1v) is 7.56. The first-order valence-electron chi connectivity index (χ1n) is 7.56. The summed E-state index contributed by atoms with van der Waals surface area (Å²) in [5.74, 6) is 0. The van der Waals surface area contributed by atoms with Gasteiger partial charge in [-0.2, -0.15) is 0 Å². The molecule has 0 aromatic heterocycles. The molecule has 0 amide bonds. The average Bonchev–Trinajstić information content (AvgIpc) is 2.39. The topological polar surface area (TPSA) is 38.0 Å².